The van der Waals surface area contributed by atoms with Crippen molar-refractivity contribution in [3.05, 3.63) is 40.9 Å². The lowest BCUT2D eigenvalue weighted by molar-refractivity contribution is -0.146. The number of rotatable bonds is 3. The number of hydrogen-bond donors (Lipinski definition) is 1. The van der Waals surface area contributed by atoms with Crippen molar-refractivity contribution in [2.24, 2.45) is 0 Å². The summed E-state index contributed by atoms with van der Waals surface area (Å²) in [5, 5.41) is 12.4. The van der Waals surface area contributed by atoms with Gasteiger partial charge in [0, 0.05) is 6.20 Å². The first-order valence-electron chi connectivity index (χ1n) is 5.92. The molecule has 3 heterocycles. The molecule has 22 heavy (non-hydrogen) atoms. The summed E-state index contributed by atoms with van der Waals surface area (Å²) in [6.07, 6.45) is -3.12. The summed E-state index contributed by atoms with van der Waals surface area (Å²) >= 11 is 0.723. The summed E-state index contributed by atoms with van der Waals surface area (Å²) in [6.45, 7) is 0.145. The lowest BCUT2D eigenvalue weighted by Crippen LogP contribution is -2.23. The summed E-state index contributed by atoms with van der Waals surface area (Å²) in [4.78, 5) is 15.8. The zero-order chi connectivity index (χ0) is 15.7. The molecule has 0 radical (unpaired) electrons. The van der Waals surface area contributed by atoms with Gasteiger partial charge in [-0.15, -0.1) is 15.3 Å². The van der Waals surface area contributed by atoms with Crippen molar-refractivity contribution in [1.29, 1.82) is 0 Å². The number of nitrogens with one attached hydrogen (secondary N) is 1. The molecule has 0 unspecified atom stereocenters. The number of amides is 1. The van der Waals surface area contributed by atoms with E-state index in [1.807, 2.05) is 0 Å². The third-order valence-electron chi connectivity index (χ3n) is 2.59. The maximum Gasteiger partial charge on any atom is 0.453 e. The summed E-state index contributed by atoms with van der Waals surface area (Å²) in [6, 6.07) is 5.20. The van der Waals surface area contributed by atoms with Gasteiger partial charge in [0.25, 0.3) is 11.7 Å². The van der Waals surface area contributed by atoms with Crippen LogP contribution in [0.1, 0.15) is 21.3 Å². The molecule has 3 aromatic heterocycles. The van der Waals surface area contributed by atoms with Gasteiger partial charge in [-0.05, 0) is 12.1 Å². The Morgan fingerprint density at radius 1 is 1.32 bits per heavy atom. The van der Waals surface area contributed by atoms with Crippen LogP contribution in [0.3, 0.4) is 0 Å². The largest absolute Gasteiger partial charge is 0.453 e. The van der Waals surface area contributed by atoms with Gasteiger partial charge in [0.2, 0.25) is 9.97 Å². The van der Waals surface area contributed by atoms with Gasteiger partial charge in [0.1, 0.15) is 0 Å². The molecule has 0 aliphatic carbocycles. The molecule has 0 fully saturated rings. The quantitative estimate of drug-likeness (QED) is 0.788. The summed E-state index contributed by atoms with van der Waals surface area (Å²) in [5.41, 5.74) is 0.620. The van der Waals surface area contributed by atoms with E-state index in [4.69, 9.17) is 0 Å². The topological polar surface area (TPSA) is 85.1 Å². The van der Waals surface area contributed by atoms with E-state index in [0.717, 1.165) is 11.3 Å². The standard InChI is InChI=1S/C11H7F3N6OS/c12-11(13,14)9-17-18-10-20(9)19-8(22-10)7(21)16-5-6-3-1-2-4-15-6/h1-4H,5H2,(H,16,21). The first kappa shape index (κ1) is 14.4. The van der Waals surface area contributed by atoms with E-state index in [9.17, 15) is 18.0 Å². The lowest BCUT2D eigenvalue weighted by atomic mass is 10.3. The predicted molar refractivity (Wildman–Crippen MR) is 69.1 cm³/mol. The minimum Gasteiger partial charge on any atom is -0.344 e. The van der Waals surface area contributed by atoms with Crippen molar-refractivity contribution in [3.8, 4) is 0 Å². The number of carbonyl (C=O) groups is 1. The fraction of sp³-hybridized carbons (Fsp3) is 0.182. The number of aromatic nitrogens is 5. The molecule has 1 amide bonds. The van der Waals surface area contributed by atoms with Crippen LogP contribution in [0, 0.1) is 0 Å². The zero-order valence-corrected chi connectivity index (χ0v) is 11.5. The van der Waals surface area contributed by atoms with Crippen LogP contribution in [-0.2, 0) is 12.7 Å². The summed E-state index contributed by atoms with van der Waals surface area (Å²) < 4.78 is 38.5. The molecule has 0 atom stereocenters. The van der Waals surface area contributed by atoms with Gasteiger partial charge in [-0.1, -0.05) is 17.4 Å². The third-order valence-corrected chi connectivity index (χ3v) is 3.49. The number of hydrogen-bond acceptors (Lipinski definition) is 6. The van der Waals surface area contributed by atoms with Crippen molar-refractivity contribution >= 4 is 22.2 Å². The van der Waals surface area contributed by atoms with Crippen LogP contribution in [0.15, 0.2) is 24.4 Å². The Kier molecular flexibility index (Phi) is 3.48. The molecular formula is C11H7F3N6OS. The molecule has 0 spiro atoms. The zero-order valence-electron chi connectivity index (χ0n) is 10.7. The van der Waals surface area contributed by atoms with E-state index < -0.39 is 17.9 Å². The number of fused-ring (bicyclic) bond motifs is 1. The van der Waals surface area contributed by atoms with Crippen molar-refractivity contribution < 1.29 is 18.0 Å². The highest BCUT2D eigenvalue weighted by atomic mass is 32.1. The highest BCUT2D eigenvalue weighted by Gasteiger charge is 2.38. The number of nitrogens with zero attached hydrogens (tertiary/aromatic N) is 5. The van der Waals surface area contributed by atoms with Gasteiger partial charge >= 0.3 is 6.18 Å². The van der Waals surface area contributed by atoms with Crippen LogP contribution in [0.4, 0.5) is 13.2 Å². The molecule has 0 saturated carbocycles. The van der Waals surface area contributed by atoms with Crippen LogP contribution in [-0.4, -0.2) is 30.7 Å². The average Bonchev–Trinajstić information content (AvgIpc) is 3.04. The second-order valence-electron chi connectivity index (χ2n) is 4.13. The first-order valence-corrected chi connectivity index (χ1v) is 6.74. The minimum absolute atomic E-state index is 0.102. The lowest BCUT2D eigenvalue weighted by Gasteiger charge is -2.02. The van der Waals surface area contributed by atoms with E-state index in [2.05, 4.69) is 25.6 Å². The summed E-state index contributed by atoms with van der Waals surface area (Å²) in [7, 11) is 0. The van der Waals surface area contributed by atoms with E-state index in [0.29, 0.717) is 10.2 Å². The Morgan fingerprint density at radius 2 is 2.14 bits per heavy atom. The molecule has 0 aromatic carbocycles. The van der Waals surface area contributed by atoms with E-state index >= 15 is 0 Å². The minimum atomic E-state index is -4.69. The van der Waals surface area contributed by atoms with Crippen LogP contribution >= 0.6 is 11.3 Å². The second kappa shape index (κ2) is 5.33. The first-order chi connectivity index (χ1) is 10.4. The maximum absolute atomic E-state index is 12.7. The van der Waals surface area contributed by atoms with Crippen LogP contribution in [0.5, 0.6) is 0 Å². The molecule has 1 N–H and O–H groups in total. The number of carbonyl (C=O) groups excluding carboxylic acids is 1. The normalized spacial score (nSPS) is 11.8. The SMILES string of the molecule is O=C(NCc1ccccn1)c1nn2c(C(F)(F)F)nnc2s1. The molecule has 11 heteroatoms. The third kappa shape index (κ3) is 2.74. The highest BCUT2D eigenvalue weighted by Crippen LogP contribution is 2.28. The molecule has 0 aliphatic heterocycles. The van der Waals surface area contributed by atoms with E-state index in [1.165, 1.54) is 0 Å². The molecule has 0 aliphatic rings. The maximum atomic E-state index is 12.7. The summed E-state index contributed by atoms with van der Waals surface area (Å²) in [5.74, 6) is -1.86. The van der Waals surface area contributed by atoms with Gasteiger partial charge < -0.3 is 5.32 Å². The van der Waals surface area contributed by atoms with Crippen molar-refractivity contribution in [2.45, 2.75) is 12.7 Å². The Balaban J connectivity index is 1.78. The predicted octanol–water partition coefficient (Wildman–Crippen LogP) is 1.53. The fourth-order valence-corrected chi connectivity index (χ4v) is 2.39. The molecule has 3 aromatic rings. The van der Waals surface area contributed by atoms with Crippen LogP contribution < -0.4 is 5.32 Å². The van der Waals surface area contributed by atoms with Gasteiger partial charge in [0.15, 0.2) is 0 Å². The second-order valence-corrected chi connectivity index (χ2v) is 5.08. The highest BCUT2D eigenvalue weighted by molar-refractivity contribution is 7.18. The van der Waals surface area contributed by atoms with Gasteiger partial charge in [0.05, 0.1) is 12.2 Å². The van der Waals surface area contributed by atoms with Crippen molar-refractivity contribution in [2.75, 3.05) is 0 Å². The Morgan fingerprint density at radius 3 is 2.82 bits per heavy atom. The van der Waals surface area contributed by atoms with E-state index in [-0.39, 0.29) is 16.5 Å². The number of alkyl halides is 3. The average molecular weight is 328 g/mol. The number of halogens is 3. The number of pyridine rings is 1. The fourth-order valence-electron chi connectivity index (χ4n) is 1.63. The van der Waals surface area contributed by atoms with Crippen molar-refractivity contribution in [1.82, 2.24) is 30.1 Å². The van der Waals surface area contributed by atoms with Gasteiger partial charge in [-0.3, -0.25) is 9.78 Å². The van der Waals surface area contributed by atoms with E-state index in [1.54, 1.807) is 24.4 Å². The molecule has 3 rings (SSSR count). The van der Waals surface area contributed by atoms with Gasteiger partial charge in [-0.2, -0.15) is 17.7 Å². The molecule has 0 bridgehead atoms. The van der Waals surface area contributed by atoms with Gasteiger partial charge in [-0.25, -0.2) is 0 Å². The molecule has 0 saturated heterocycles. The molecule has 7 nitrogen and oxygen atoms in total. The van der Waals surface area contributed by atoms with Crippen LogP contribution in [0.25, 0.3) is 4.96 Å². The molecule has 114 valence electrons. The Bertz CT molecular complexity index is 812. The van der Waals surface area contributed by atoms with Crippen LogP contribution in [0.2, 0.25) is 0 Å². The smallest absolute Gasteiger partial charge is 0.344 e. The van der Waals surface area contributed by atoms with Crippen molar-refractivity contribution in [3.63, 3.8) is 0 Å². The Hall–Kier alpha value is -2.56. The molecular weight excluding hydrogens is 321 g/mol. The Labute approximate surface area is 124 Å². The monoisotopic (exact) mass is 328 g/mol.